The van der Waals surface area contributed by atoms with Crippen molar-refractivity contribution in [3.05, 3.63) is 28.8 Å². The van der Waals surface area contributed by atoms with Crippen molar-refractivity contribution in [2.45, 2.75) is 19.1 Å². The second-order valence-corrected chi connectivity index (χ2v) is 3.21. The highest BCUT2D eigenvalue weighted by Crippen LogP contribution is 2.19. The molecule has 3 nitrogen and oxygen atoms in total. The van der Waals surface area contributed by atoms with Gasteiger partial charge in [0.2, 0.25) is 5.95 Å². The number of pyridine rings is 1. The van der Waals surface area contributed by atoms with Crippen molar-refractivity contribution in [3.63, 3.8) is 0 Å². The summed E-state index contributed by atoms with van der Waals surface area (Å²) in [5, 5.41) is 9.06. The predicted octanol–water partition coefficient (Wildman–Crippen LogP) is 1.25. The van der Waals surface area contributed by atoms with Crippen LogP contribution in [0.2, 0.25) is 5.02 Å². The molecule has 0 amide bonds. The van der Waals surface area contributed by atoms with E-state index in [1.54, 1.807) is 6.92 Å². The van der Waals surface area contributed by atoms with Crippen molar-refractivity contribution in [1.82, 2.24) is 4.98 Å². The fourth-order valence-electron chi connectivity index (χ4n) is 0.897. The van der Waals surface area contributed by atoms with Gasteiger partial charge in [-0.1, -0.05) is 11.6 Å². The minimum Gasteiger partial charge on any atom is -0.391 e. The standard InChI is InChI=1S/C8H10ClFN2O/c1-4(13)7(11)5-2-6(9)8(10)12-3-5/h2-4,7,13H,11H2,1H3. The van der Waals surface area contributed by atoms with Gasteiger partial charge in [0.05, 0.1) is 17.2 Å². The van der Waals surface area contributed by atoms with Crippen molar-refractivity contribution >= 4 is 11.6 Å². The summed E-state index contributed by atoms with van der Waals surface area (Å²) in [5.41, 5.74) is 6.10. The summed E-state index contributed by atoms with van der Waals surface area (Å²) in [5.74, 6) is -0.733. The molecular formula is C8H10ClFN2O. The van der Waals surface area contributed by atoms with Crippen LogP contribution in [0, 0.1) is 5.95 Å². The van der Waals surface area contributed by atoms with Crippen molar-refractivity contribution < 1.29 is 9.50 Å². The van der Waals surface area contributed by atoms with E-state index in [9.17, 15) is 4.39 Å². The molecule has 2 atom stereocenters. The van der Waals surface area contributed by atoms with Crippen molar-refractivity contribution in [2.75, 3.05) is 0 Å². The summed E-state index contributed by atoms with van der Waals surface area (Å²) < 4.78 is 12.6. The fourth-order valence-corrected chi connectivity index (χ4v) is 1.07. The van der Waals surface area contributed by atoms with Gasteiger partial charge in [0.1, 0.15) is 0 Å². The molecule has 0 aromatic carbocycles. The Morgan fingerprint density at radius 1 is 1.69 bits per heavy atom. The zero-order chi connectivity index (χ0) is 10.0. The summed E-state index contributed by atoms with van der Waals surface area (Å²) in [6.45, 7) is 1.54. The molecule has 0 radical (unpaired) electrons. The van der Waals surface area contributed by atoms with E-state index in [-0.39, 0.29) is 5.02 Å². The number of aliphatic hydroxyl groups excluding tert-OH is 1. The lowest BCUT2D eigenvalue weighted by Crippen LogP contribution is -2.23. The number of aromatic nitrogens is 1. The summed E-state index contributed by atoms with van der Waals surface area (Å²) in [6.07, 6.45) is 0.543. The van der Waals surface area contributed by atoms with Gasteiger partial charge in [0.15, 0.2) is 0 Å². The van der Waals surface area contributed by atoms with E-state index in [4.69, 9.17) is 22.4 Å². The molecule has 1 heterocycles. The first kappa shape index (κ1) is 10.4. The Morgan fingerprint density at radius 3 is 2.77 bits per heavy atom. The van der Waals surface area contributed by atoms with Gasteiger partial charge in [-0.05, 0) is 18.6 Å². The van der Waals surface area contributed by atoms with Crippen molar-refractivity contribution in [3.8, 4) is 0 Å². The molecule has 0 aliphatic carbocycles. The Labute approximate surface area is 80.3 Å². The van der Waals surface area contributed by atoms with E-state index >= 15 is 0 Å². The topological polar surface area (TPSA) is 59.1 Å². The normalized spacial score (nSPS) is 15.5. The van der Waals surface area contributed by atoms with Gasteiger partial charge in [-0.2, -0.15) is 4.39 Å². The lowest BCUT2D eigenvalue weighted by molar-refractivity contribution is 0.164. The maximum Gasteiger partial charge on any atom is 0.231 e. The van der Waals surface area contributed by atoms with E-state index in [0.717, 1.165) is 0 Å². The highest BCUT2D eigenvalue weighted by molar-refractivity contribution is 6.30. The number of rotatable bonds is 2. The van der Waals surface area contributed by atoms with Crippen LogP contribution in [0.3, 0.4) is 0 Å². The maximum absolute atomic E-state index is 12.6. The lowest BCUT2D eigenvalue weighted by Gasteiger charge is -2.14. The van der Waals surface area contributed by atoms with Gasteiger partial charge < -0.3 is 10.8 Å². The van der Waals surface area contributed by atoms with E-state index in [0.29, 0.717) is 5.56 Å². The van der Waals surface area contributed by atoms with E-state index < -0.39 is 18.1 Å². The summed E-state index contributed by atoms with van der Waals surface area (Å²) in [6, 6.07) is 0.770. The zero-order valence-electron chi connectivity index (χ0n) is 7.04. The molecule has 0 spiro atoms. The number of nitrogens with zero attached hydrogens (tertiary/aromatic N) is 1. The molecule has 1 rings (SSSR count). The van der Waals surface area contributed by atoms with Crippen LogP contribution in [-0.4, -0.2) is 16.2 Å². The Bertz CT molecular complexity index is 306. The molecular weight excluding hydrogens is 195 g/mol. The molecule has 0 bridgehead atoms. The van der Waals surface area contributed by atoms with Gasteiger partial charge in [0.25, 0.3) is 0 Å². The molecule has 13 heavy (non-hydrogen) atoms. The van der Waals surface area contributed by atoms with Crippen LogP contribution in [0.4, 0.5) is 4.39 Å². The molecule has 0 saturated carbocycles. The molecule has 1 aromatic rings. The average Bonchev–Trinajstić information content (AvgIpc) is 2.08. The predicted molar refractivity (Wildman–Crippen MR) is 47.8 cm³/mol. The van der Waals surface area contributed by atoms with Crippen LogP contribution in [0.5, 0.6) is 0 Å². The molecule has 0 aliphatic heterocycles. The molecule has 0 saturated heterocycles. The third-order valence-electron chi connectivity index (χ3n) is 1.72. The van der Waals surface area contributed by atoms with Crippen LogP contribution < -0.4 is 5.73 Å². The number of halogens is 2. The monoisotopic (exact) mass is 204 g/mol. The van der Waals surface area contributed by atoms with E-state index in [1.807, 2.05) is 0 Å². The van der Waals surface area contributed by atoms with Crippen LogP contribution in [0.15, 0.2) is 12.3 Å². The summed E-state index contributed by atoms with van der Waals surface area (Å²) >= 11 is 5.49. The van der Waals surface area contributed by atoms with E-state index in [1.165, 1.54) is 12.3 Å². The molecule has 3 N–H and O–H groups in total. The first-order chi connectivity index (χ1) is 6.02. The summed E-state index contributed by atoms with van der Waals surface area (Å²) in [7, 11) is 0. The van der Waals surface area contributed by atoms with Crippen LogP contribution in [-0.2, 0) is 0 Å². The molecule has 2 unspecified atom stereocenters. The Hall–Kier alpha value is -0.710. The SMILES string of the molecule is CC(O)C(N)c1cnc(F)c(Cl)c1. The van der Waals surface area contributed by atoms with Gasteiger partial charge in [0, 0.05) is 6.20 Å². The van der Waals surface area contributed by atoms with Gasteiger partial charge >= 0.3 is 0 Å². The first-order valence-corrected chi connectivity index (χ1v) is 4.14. The molecule has 5 heteroatoms. The molecule has 0 aliphatic rings. The van der Waals surface area contributed by atoms with Crippen LogP contribution in [0.1, 0.15) is 18.5 Å². The van der Waals surface area contributed by atoms with Gasteiger partial charge in [-0.15, -0.1) is 0 Å². The lowest BCUT2D eigenvalue weighted by atomic mass is 10.1. The fraction of sp³-hybridized carbons (Fsp3) is 0.375. The number of hydrogen-bond donors (Lipinski definition) is 2. The second kappa shape index (κ2) is 4.00. The smallest absolute Gasteiger partial charge is 0.231 e. The van der Waals surface area contributed by atoms with Crippen molar-refractivity contribution in [1.29, 1.82) is 0 Å². The zero-order valence-corrected chi connectivity index (χ0v) is 7.79. The van der Waals surface area contributed by atoms with Crippen molar-refractivity contribution in [2.24, 2.45) is 5.73 Å². The Balaban J connectivity index is 2.97. The average molecular weight is 205 g/mol. The number of aliphatic hydroxyl groups is 1. The second-order valence-electron chi connectivity index (χ2n) is 2.81. The largest absolute Gasteiger partial charge is 0.391 e. The van der Waals surface area contributed by atoms with Gasteiger partial charge in [-0.25, -0.2) is 4.98 Å². The minimum absolute atomic E-state index is 0.0893. The number of hydrogen-bond acceptors (Lipinski definition) is 3. The third-order valence-corrected chi connectivity index (χ3v) is 1.99. The highest BCUT2D eigenvalue weighted by Gasteiger charge is 2.13. The Morgan fingerprint density at radius 2 is 2.31 bits per heavy atom. The van der Waals surface area contributed by atoms with Crippen LogP contribution in [0.25, 0.3) is 0 Å². The third kappa shape index (κ3) is 2.37. The highest BCUT2D eigenvalue weighted by atomic mass is 35.5. The van der Waals surface area contributed by atoms with Crippen LogP contribution >= 0.6 is 11.6 Å². The maximum atomic E-state index is 12.6. The van der Waals surface area contributed by atoms with E-state index in [2.05, 4.69) is 4.98 Å². The molecule has 1 aromatic heterocycles. The summed E-state index contributed by atoms with van der Waals surface area (Å²) in [4.78, 5) is 3.39. The molecule has 72 valence electrons. The number of nitrogens with two attached hydrogens (primary N) is 1. The first-order valence-electron chi connectivity index (χ1n) is 3.77. The minimum atomic E-state index is -0.733. The molecule has 0 fully saturated rings. The Kier molecular flexibility index (Phi) is 3.19. The van der Waals surface area contributed by atoms with Gasteiger partial charge in [-0.3, -0.25) is 0 Å². The quantitative estimate of drug-likeness (QED) is 0.713.